The van der Waals surface area contributed by atoms with Crippen LogP contribution in [0.15, 0.2) is 67.0 Å². The van der Waals surface area contributed by atoms with Crippen molar-refractivity contribution in [3.63, 3.8) is 0 Å². The van der Waals surface area contributed by atoms with Crippen LogP contribution in [0.4, 0.5) is 0 Å². The molecule has 0 bridgehead atoms. The minimum Gasteiger partial charge on any atom is -0.490 e. The molecule has 0 saturated heterocycles. The van der Waals surface area contributed by atoms with Crippen LogP contribution in [0.5, 0.6) is 11.5 Å². The molecular weight excluding hydrogens is 407 g/mol. The van der Waals surface area contributed by atoms with Crippen molar-refractivity contribution in [2.75, 3.05) is 6.61 Å². The van der Waals surface area contributed by atoms with Crippen molar-refractivity contribution in [1.29, 1.82) is 0 Å². The summed E-state index contributed by atoms with van der Waals surface area (Å²) in [5.41, 5.74) is 4.62. The van der Waals surface area contributed by atoms with Gasteiger partial charge in [0, 0.05) is 31.0 Å². The lowest BCUT2D eigenvalue weighted by atomic mass is 10.1. The van der Waals surface area contributed by atoms with Gasteiger partial charge in [0.05, 0.1) is 6.61 Å². The Morgan fingerprint density at radius 3 is 2.34 bits per heavy atom. The lowest BCUT2D eigenvalue weighted by Crippen LogP contribution is -2.14. The molecule has 1 N–H and O–H groups in total. The van der Waals surface area contributed by atoms with Crippen molar-refractivity contribution in [2.24, 2.45) is 0 Å². The van der Waals surface area contributed by atoms with Crippen LogP contribution in [0.25, 0.3) is 0 Å². The summed E-state index contributed by atoms with van der Waals surface area (Å²) < 4.78 is 12.0. The molecule has 2 aromatic carbocycles. The van der Waals surface area contributed by atoms with Gasteiger partial charge in [-0.15, -0.1) is 24.8 Å². The number of hydrogen-bond acceptors (Lipinski definition) is 4. The van der Waals surface area contributed by atoms with Crippen molar-refractivity contribution in [2.45, 2.75) is 33.5 Å². The van der Waals surface area contributed by atoms with Gasteiger partial charge >= 0.3 is 0 Å². The number of halogens is 2. The second kappa shape index (κ2) is 13.0. The number of pyridine rings is 1. The molecule has 4 nitrogen and oxygen atoms in total. The molecule has 156 valence electrons. The molecule has 0 aliphatic carbocycles. The molecule has 0 aliphatic rings. The van der Waals surface area contributed by atoms with Crippen LogP contribution < -0.4 is 14.8 Å². The average Bonchev–Trinajstić information content (AvgIpc) is 2.70. The van der Waals surface area contributed by atoms with Gasteiger partial charge in [0.25, 0.3) is 0 Å². The molecule has 3 rings (SSSR count). The summed E-state index contributed by atoms with van der Waals surface area (Å²) in [7, 11) is 0. The quantitative estimate of drug-likeness (QED) is 0.482. The van der Waals surface area contributed by atoms with Gasteiger partial charge in [0.1, 0.15) is 6.61 Å². The molecular formula is C23H28Cl2N2O2. The van der Waals surface area contributed by atoms with Crippen LogP contribution in [0.2, 0.25) is 0 Å². The Morgan fingerprint density at radius 2 is 1.66 bits per heavy atom. The summed E-state index contributed by atoms with van der Waals surface area (Å²) >= 11 is 0. The number of aromatic nitrogens is 1. The summed E-state index contributed by atoms with van der Waals surface area (Å²) in [5.74, 6) is 1.59. The maximum Gasteiger partial charge on any atom is 0.166 e. The first-order valence-corrected chi connectivity index (χ1v) is 9.29. The second-order valence-corrected chi connectivity index (χ2v) is 6.42. The molecule has 0 unspecified atom stereocenters. The van der Waals surface area contributed by atoms with E-state index in [4.69, 9.17) is 9.47 Å². The second-order valence-electron chi connectivity index (χ2n) is 6.42. The Labute approximate surface area is 185 Å². The first-order chi connectivity index (χ1) is 13.3. The van der Waals surface area contributed by atoms with Crippen LogP contribution >= 0.6 is 24.8 Å². The van der Waals surface area contributed by atoms with Gasteiger partial charge in [0.15, 0.2) is 11.5 Å². The van der Waals surface area contributed by atoms with Gasteiger partial charge in [-0.2, -0.15) is 0 Å². The van der Waals surface area contributed by atoms with Gasteiger partial charge in [0.2, 0.25) is 0 Å². The van der Waals surface area contributed by atoms with Crippen molar-refractivity contribution in [3.05, 3.63) is 89.2 Å². The number of benzene rings is 2. The summed E-state index contributed by atoms with van der Waals surface area (Å²) in [6.07, 6.45) is 3.66. The fourth-order valence-corrected chi connectivity index (χ4v) is 2.82. The highest BCUT2D eigenvalue weighted by Gasteiger charge is 2.11. The summed E-state index contributed by atoms with van der Waals surface area (Å²) in [4.78, 5) is 4.15. The summed E-state index contributed by atoms with van der Waals surface area (Å²) in [5, 5.41) is 3.46. The number of para-hydroxylation sites is 1. The standard InChI is InChI=1S/C23H26N2O2.2ClH/c1-3-26-22-8-4-7-21(16-25-15-20-6-5-13-24-14-20)23(22)27-17-19-11-9-18(2)10-12-19;;/h4-14,25H,3,15-17H2,1-2H3;2*1H. The molecule has 0 atom stereocenters. The molecule has 0 aliphatic heterocycles. The van der Waals surface area contributed by atoms with E-state index in [0.29, 0.717) is 19.8 Å². The predicted molar refractivity (Wildman–Crippen MR) is 122 cm³/mol. The van der Waals surface area contributed by atoms with Gasteiger partial charge in [-0.1, -0.05) is 48.0 Å². The zero-order valence-electron chi connectivity index (χ0n) is 16.8. The van der Waals surface area contributed by atoms with Crippen LogP contribution in [-0.2, 0) is 19.7 Å². The Bertz CT molecular complexity index is 843. The van der Waals surface area contributed by atoms with E-state index >= 15 is 0 Å². The Balaban J connectivity index is 0.00000210. The minimum atomic E-state index is 0. The number of ether oxygens (including phenoxy) is 2. The highest BCUT2D eigenvalue weighted by Crippen LogP contribution is 2.32. The first-order valence-electron chi connectivity index (χ1n) is 9.29. The Morgan fingerprint density at radius 1 is 0.862 bits per heavy atom. The zero-order chi connectivity index (χ0) is 18.9. The van der Waals surface area contributed by atoms with Crippen molar-refractivity contribution < 1.29 is 9.47 Å². The number of nitrogens with one attached hydrogen (secondary N) is 1. The van der Waals surface area contributed by atoms with E-state index in [9.17, 15) is 0 Å². The third-order valence-corrected chi connectivity index (χ3v) is 4.23. The third-order valence-electron chi connectivity index (χ3n) is 4.23. The molecule has 0 amide bonds. The van der Waals surface area contributed by atoms with Gasteiger partial charge in [-0.05, 0) is 37.1 Å². The molecule has 1 aromatic heterocycles. The van der Waals surface area contributed by atoms with Crippen LogP contribution in [0.3, 0.4) is 0 Å². The summed E-state index contributed by atoms with van der Waals surface area (Å²) in [6, 6.07) is 18.4. The largest absolute Gasteiger partial charge is 0.490 e. The van der Waals surface area contributed by atoms with Crippen molar-refractivity contribution >= 4 is 24.8 Å². The lowest BCUT2D eigenvalue weighted by molar-refractivity contribution is 0.266. The number of rotatable bonds is 9. The fraction of sp³-hybridized carbons (Fsp3) is 0.261. The third kappa shape index (κ3) is 7.58. The molecule has 0 spiro atoms. The molecule has 29 heavy (non-hydrogen) atoms. The topological polar surface area (TPSA) is 43.4 Å². The minimum absolute atomic E-state index is 0. The average molecular weight is 435 g/mol. The maximum atomic E-state index is 6.17. The number of hydrogen-bond donors (Lipinski definition) is 1. The number of nitrogens with zero attached hydrogens (tertiary/aromatic N) is 1. The van der Waals surface area contributed by atoms with Crippen molar-refractivity contribution in [3.8, 4) is 11.5 Å². The monoisotopic (exact) mass is 434 g/mol. The van der Waals surface area contributed by atoms with Crippen LogP contribution in [-0.4, -0.2) is 11.6 Å². The fourth-order valence-electron chi connectivity index (χ4n) is 2.82. The highest BCUT2D eigenvalue weighted by molar-refractivity contribution is 5.85. The SMILES string of the molecule is CCOc1cccc(CNCc2cccnc2)c1OCc1ccc(C)cc1.Cl.Cl. The zero-order valence-corrected chi connectivity index (χ0v) is 18.4. The Kier molecular flexibility index (Phi) is 11.1. The van der Waals surface area contributed by atoms with E-state index in [-0.39, 0.29) is 24.8 Å². The molecule has 6 heteroatoms. The van der Waals surface area contributed by atoms with E-state index < -0.39 is 0 Å². The van der Waals surface area contributed by atoms with E-state index in [1.165, 1.54) is 5.56 Å². The van der Waals surface area contributed by atoms with Crippen molar-refractivity contribution in [1.82, 2.24) is 10.3 Å². The molecule has 0 fully saturated rings. The van der Waals surface area contributed by atoms with Gasteiger partial charge in [-0.3, -0.25) is 4.98 Å². The molecule has 0 saturated carbocycles. The van der Waals surface area contributed by atoms with E-state index in [1.54, 1.807) is 6.20 Å². The predicted octanol–water partition coefficient (Wildman–Crippen LogP) is 5.50. The normalized spacial score (nSPS) is 9.86. The highest BCUT2D eigenvalue weighted by atomic mass is 35.5. The number of aryl methyl sites for hydroxylation is 1. The van der Waals surface area contributed by atoms with E-state index in [2.05, 4.69) is 53.6 Å². The molecule has 3 aromatic rings. The maximum absolute atomic E-state index is 6.17. The van der Waals surface area contributed by atoms with E-state index in [0.717, 1.165) is 34.7 Å². The van der Waals surface area contributed by atoms with Gasteiger partial charge in [-0.25, -0.2) is 0 Å². The van der Waals surface area contributed by atoms with Gasteiger partial charge < -0.3 is 14.8 Å². The molecule has 1 heterocycles. The lowest BCUT2D eigenvalue weighted by Gasteiger charge is -2.16. The summed E-state index contributed by atoms with van der Waals surface area (Å²) in [6.45, 7) is 6.63. The smallest absolute Gasteiger partial charge is 0.166 e. The first kappa shape index (κ1) is 24.8. The molecule has 0 radical (unpaired) electrons. The van der Waals surface area contributed by atoms with Crippen LogP contribution in [0.1, 0.15) is 29.2 Å². The van der Waals surface area contributed by atoms with Crippen LogP contribution in [0, 0.1) is 6.92 Å². The van der Waals surface area contributed by atoms with E-state index in [1.807, 2.05) is 31.3 Å². The Hall–Kier alpha value is -2.27.